The van der Waals surface area contributed by atoms with E-state index in [-0.39, 0.29) is 22.3 Å². The molecular formula is C14H18BrF2NO. The van der Waals surface area contributed by atoms with E-state index in [1.807, 2.05) is 0 Å². The predicted molar refractivity (Wildman–Crippen MR) is 74.4 cm³/mol. The van der Waals surface area contributed by atoms with Gasteiger partial charge in [-0.15, -0.1) is 0 Å². The van der Waals surface area contributed by atoms with Crippen LogP contribution in [0.15, 0.2) is 10.5 Å². The molecule has 106 valence electrons. The number of hydrogen-bond acceptors (Lipinski definition) is 2. The van der Waals surface area contributed by atoms with Gasteiger partial charge in [-0.2, -0.15) is 0 Å². The molecular weight excluding hydrogens is 316 g/mol. The number of rotatable bonds is 3. The van der Waals surface area contributed by atoms with Crippen LogP contribution in [0, 0.1) is 11.6 Å². The molecule has 1 aromatic carbocycles. The molecule has 2 rings (SSSR count). The van der Waals surface area contributed by atoms with Gasteiger partial charge in [0.05, 0.1) is 11.6 Å². The SMILES string of the molecule is COc1cc(F)c(C2(CN)CCCCC2)c(F)c1Br. The molecule has 0 aromatic heterocycles. The van der Waals surface area contributed by atoms with Crippen molar-refractivity contribution in [2.45, 2.75) is 37.5 Å². The van der Waals surface area contributed by atoms with Crippen molar-refractivity contribution in [3.05, 3.63) is 27.7 Å². The van der Waals surface area contributed by atoms with Crippen molar-refractivity contribution in [1.82, 2.24) is 0 Å². The molecule has 0 saturated heterocycles. The quantitative estimate of drug-likeness (QED) is 0.851. The normalized spacial score (nSPS) is 18.4. The predicted octanol–water partition coefficient (Wildman–Crippen LogP) is 3.90. The standard InChI is InChI=1S/C14H18BrF2NO/c1-19-10-7-9(16)11(13(17)12(10)15)14(8-18)5-3-2-4-6-14/h7H,2-6,8,18H2,1H3. The van der Waals surface area contributed by atoms with Gasteiger partial charge in [-0.1, -0.05) is 19.3 Å². The van der Waals surface area contributed by atoms with E-state index in [2.05, 4.69) is 15.9 Å². The highest BCUT2D eigenvalue weighted by Gasteiger charge is 2.38. The molecule has 0 spiro atoms. The lowest BCUT2D eigenvalue weighted by Gasteiger charge is -2.37. The van der Waals surface area contributed by atoms with E-state index in [1.54, 1.807) is 0 Å². The van der Waals surface area contributed by atoms with Crippen LogP contribution in [0.3, 0.4) is 0 Å². The van der Waals surface area contributed by atoms with Crippen molar-refractivity contribution >= 4 is 15.9 Å². The Morgan fingerprint density at radius 3 is 2.47 bits per heavy atom. The maximum absolute atomic E-state index is 14.5. The lowest BCUT2D eigenvalue weighted by atomic mass is 9.69. The summed E-state index contributed by atoms with van der Waals surface area (Å²) in [6.45, 7) is 0.264. The summed E-state index contributed by atoms with van der Waals surface area (Å²) in [4.78, 5) is 0. The number of halogens is 3. The molecule has 0 aliphatic heterocycles. The van der Waals surface area contributed by atoms with Crippen LogP contribution in [0.1, 0.15) is 37.7 Å². The highest BCUT2D eigenvalue weighted by molar-refractivity contribution is 9.10. The lowest BCUT2D eigenvalue weighted by molar-refractivity contribution is 0.279. The molecule has 1 saturated carbocycles. The first-order valence-electron chi connectivity index (χ1n) is 6.48. The number of nitrogens with two attached hydrogens (primary N) is 1. The number of benzene rings is 1. The molecule has 0 bridgehead atoms. The van der Waals surface area contributed by atoms with E-state index in [1.165, 1.54) is 13.2 Å². The Labute approximate surface area is 120 Å². The van der Waals surface area contributed by atoms with Crippen LogP contribution in [-0.4, -0.2) is 13.7 Å². The summed E-state index contributed by atoms with van der Waals surface area (Å²) in [5.74, 6) is -0.976. The minimum Gasteiger partial charge on any atom is -0.495 e. The molecule has 0 atom stereocenters. The van der Waals surface area contributed by atoms with Gasteiger partial charge in [0, 0.05) is 23.6 Å². The fraction of sp³-hybridized carbons (Fsp3) is 0.571. The molecule has 1 fully saturated rings. The zero-order valence-electron chi connectivity index (χ0n) is 10.9. The van der Waals surface area contributed by atoms with Gasteiger partial charge in [-0.3, -0.25) is 0 Å². The van der Waals surface area contributed by atoms with Crippen molar-refractivity contribution in [1.29, 1.82) is 0 Å². The van der Waals surface area contributed by atoms with Crippen LogP contribution >= 0.6 is 15.9 Å². The first kappa shape index (κ1) is 14.7. The molecule has 1 aliphatic carbocycles. The van der Waals surface area contributed by atoms with Crippen LogP contribution in [0.25, 0.3) is 0 Å². The van der Waals surface area contributed by atoms with Gasteiger partial charge >= 0.3 is 0 Å². The van der Waals surface area contributed by atoms with Gasteiger partial charge in [-0.05, 0) is 28.8 Å². The van der Waals surface area contributed by atoms with E-state index in [0.29, 0.717) is 0 Å². The van der Waals surface area contributed by atoms with E-state index < -0.39 is 17.0 Å². The van der Waals surface area contributed by atoms with Gasteiger partial charge in [0.2, 0.25) is 0 Å². The molecule has 1 aromatic rings. The second-order valence-corrected chi connectivity index (χ2v) is 5.90. The summed E-state index contributed by atoms with van der Waals surface area (Å²) in [7, 11) is 1.39. The Morgan fingerprint density at radius 1 is 1.32 bits per heavy atom. The highest BCUT2D eigenvalue weighted by atomic mass is 79.9. The Balaban J connectivity index is 2.57. The number of methoxy groups -OCH3 is 1. The van der Waals surface area contributed by atoms with Gasteiger partial charge in [0.1, 0.15) is 17.4 Å². The van der Waals surface area contributed by atoms with E-state index in [0.717, 1.165) is 32.1 Å². The summed E-state index contributed by atoms with van der Waals surface area (Å²) < 4.78 is 33.9. The van der Waals surface area contributed by atoms with E-state index in [4.69, 9.17) is 10.5 Å². The maximum atomic E-state index is 14.5. The molecule has 5 heteroatoms. The van der Waals surface area contributed by atoms with Gasteiger partial charge in [-0.25, -0.2) is 8.78 Å². The molecule has 2 N–H and O–H groups in total. The molecule has 2 nitrogen and oxygen atoms in total. The second-order valence-electron chi connectivity index (χ2n) is 5.11. The Morgan fingerprint density at radius 2 is 1.95 bits per heavy atom. The average Bonchev–Trinajstić information content (AvgIpc) is 2.44. The van der Waals surface area contributed by atoms with Crippen molar-refractivity contribution < 1.29 is 13.5 Å². The smallest absolute Gasteiger partial charge is 0.147 e. The summed E-state index contributed by atoms with van der Waals surface area (Å²) in [5.41, 5.74) is 5.38. The van der Waals surface area contributed by atoms with E-state index >= 15 is 0 Å². The first-order chi connectivity index (χ1) is 9.05. The molecule has 1 aliphatic rings. The topological polar surface area (TPSA) is 35.2 Å². The summed E-state index contributed by atoms with van der Waals surface area (Å²) >= 11 is 3.14. The molecule has 19 heavy (non-hydrogen) atoms. The van der Waals surface area contributed by atoms with Crippen molar-refractivity contribution in [2.75, 3.05) is 13.7 Å². The van der Waals surface area contributed by atoms with Crippen LogP contribution in [0.4, 0.5) is 8.78 Å². The minimum absolute atomic E-state index is 0.113. The summed E-state index contributed by atoms with van der Waals surface area (Å²) in [6.07, 6.45) is 4.48. The highest BCUT2D eigenvalue weighted by Crippen LogP contribution is 2.44. The molecule has 0 heterocycles. The summed E-state index contributed by atoms with van der Waals surface area (Å²) in [5, 5.41) is 0. The van der Waals surface area contributed by atoms with Crippen LogP contribution in [-0.2, 0) is 5.41 Å². The fourth-order valence-corrected chi connectivity index (χ4v) is 3.47. The largest absolute Gasteiger partial charge is 0.495 e. The Kier molecular flexibility index (Phi) is 4.46. The lowest BCUT2D eigenvalue weighted by Crippen LogP contribution is -2.39. The number of hydrogen-bond donors (Lipinski definition) is 1. The zero-order valence-corrected chi connectivity index (χ0v) is 12.5. The minimum atomic E-state index is -0.582. The average molecular weight is 334 g/mol. The third kappa shape index (κ3) is 2.50. The Hall–Kier alpha value is -0.680. The third-order valence-electron chi connectivity index (χ3n) is 4.08. The van der Waals surface area contributed by atoms with Crippen molar-refractivity contribution in [3.8, 4) is 5.75 Å². The Bertz CT molecular complexity index is 473. The van der Waals surface area contributed by atoms with Gasteiger partial charge < -0.3 is 10.5 Å². The van der Waals surface area contributed by atoms with Crippen LogP contribution < -0.4 is 10.5 Å². The van der Waals surface area contributed by atoms with Gasteiger partial charge in [0.25, 0.3) is 0 Å². The monoisotopic (exact) mass is 333 g/mol. The third-order valence-corrected chi connectivity index (χ3v) is 4.82. The van der Waals surface area contributed by atoms with Crippen molar-refractivity contribution in [3.63, 3.8) is 0 Å². The molecule has 0 amide bonds. The van der Waals surface area contributed by atoms with Gasteiger partial charge in [0.15, 0.2) is 0 Å². The fourth-order valence-electron chi connectivity index (χ4n) is 2.99. The van der Waals surface area contributed by atoms with Crippen LogP contribution in [0.5, 0.6) is 5.75 Å². The summed E-state index contributed by atoms with van der Waals surface area (Å²) in [6, 6.07) is 1.23. The van der Waals surface area contributed by atoms with E-state index in [9.17, 15) is 8.78 Å². The van der Waals surface area contributed by atoms with Crippen LogP contribution in [0.2, 0.25) is 0 Å². The first-order valence-corrected chi connectivity index (χ1v) is 7.27. The zero-order chi connectivity index (χ0) is 14.0. The molecule has 0 radical (unpaired) electrons. The van der Waals surface area contributed by atoms with Crippen molar-refractivity contribution in [2.24, 2.45) is 5.73 Å². The molecule has 0 unspecified atom stereocenters. The second kappa shape index (κ2) is 5.75. The maximum Gasteiger partial charge on any atom is 0.147 e. The number of ether oxygens (including phenoxy) is 1.